The molecule has 0 saturated heterocycles. The van der Waals surface area contributed by atoms with Crippen LogP contribution in [-0.4, -0.2) is 25.6 Å². The second-order valence-electron chi connectivity index (χ2n) is 8.73. The Kier molecular flexibility index (Phi) is 6.04. The van der Waals surface area contributed by atoms with Crippen LogP contribution in [0.15, 0.2) is 72.8 Å². The molecule has 144 valence electrons. The highest BCUT2D eigenvalue weighted by atomic mass is 28.4. The maximum atomic E-state index is 10.6. The van der Waals surface area contributed by atoms with E-state index in [4.69, 9.17) is 4.43 Å². The van der Waals surface area contributed by atoms with E-state index in [1.807, 2.05) is 0 Å². The van der Waals surface area contributed by atoms with E-state index in [1.165, 1.54) is 10.4 Å². The van der Waals surface area contributed by atoms with E-state index in [-0.39, 0.29) is 23.2 Å². The van der Waals surface area contributed by atoms with Gasteiger partial charge < -0.3 is 9.53 Å². The zero-order chi connectivity index (χ0) is 19.5. The largest absolute Gasteiger partial charge is 0.404 e. The lowest BCUT2D eigenvalue weighted by Crippen LogP contribution is -2.67. The summed E-state index contributed by atoms with van der Waals surface area (Å²) < 4.78 is 7.14. The van der Waals surface area contributed by atoms with Crippen molar-refractivity contribution < 1.29 is 9.53 Å². The maximum absolute atomic E-state index is 10.6. The molecule has 0 bridgehead atoms. The fourth-order valence-electron chi connectivity index (χ4n) is 4.19. The smallest absolute Gasteiger partial charge is 0.261 e. The van der Waals surface area contributed by atoms with Crippen LogP contribution in [0.5, 0.6) is 0 Å². The molecular formula is C24H32O2Si. The molecule has 3 rings (SSSR count). The summed E-state index contributed by atoms with van der Waals surface area (Å²) in [7, 11) is -2.56. The Morgan fingerprint density at radius 2 is 1.44 bits per heavy atom. The Morgan fingerprint density at radius 1 is 0.926 bits per heavy atom. The van der Waals surface area contributed by atoms with Gasteiger partial charge in [-0.3, -0.25) is 0 Å². The summed E-state index contributed by atoms with van der Waals surface area (Å²) in [6.07, 6.45) is 5.51. The average molecular weight is 381 g/mol. The summed E-state index contributed by atoms with van der Waals surface area (Å²) in [5, 5.41) is 13.1. The van der Waals surface area contributed by atoms with Gasteiger partial charge in [-0.15, -0.1) is 0 Å². The molecule has 0 aliphatic heterocycles. The van der Waals surface area contributed by atoms with Crippen molar-refractivity contribution in [3.63, 3.8) is 0 Å². The Bertz CT molecular complexity index is 709. The van der Waals surface area contributed by atoms with Crippen LogP contribution in [0, 0.1) is 5.92 Å². The van der Waals surface area contributed by atoms with Crippen LogP contribution < -0.4 is 10.4 Å². The summed E-state index contributed by atoms with van der Waals surface area (Å²) in [6.45, 7) is 8.97. The van der Waals surface area contributed by atoms with Crippen molar-refractivity contribution >= 4 is 18.7 Å². The number of aliphatic hydroxyl groups excluding tert-OH is 1. The predicted octanol–water partition coefficient (Wildman–Crippen LogP) is 4.28. The second kappa shape index (κ2) is 8.13. The molecule has 2 nitrogen and oxygen atoms in total. The molecule has 1 aliphatic rings. The van der Waals surface area contributed by atoms with Crippen LogP contribution in [-0.2, 0) is 4.43 Å². The summed E-state index contributed by atoms with van der Waals surface area (Å²) in [6, 6.07) is 21.4. The van der Waals surface area contributed by atoms with Crippen LogP contribution in [0.4, 0.5) is 0 Å². The minimum atomic E-state index is -2.56. The highest BCUT2D eigenvalue weighted by Crippen LogP contribution is 2.38. The van der Waals surface area contributed by atoms with Gasteiger partial charge in [0.15, 0.2) is 0 Å². The lowest BCUT2D eigenvalue weighted by molar-refractivity contribution is 0.0735. The number of benzene rings is 2. The van der Waals surface area contributed by atoms with Gasteiger partial charge >= 0.3 is 0 Å². The van der Waals surface area contributed by atoms with Crippen molar-refractivity contribution in [2.24, 2.45) is 5.92 Å². The topological polar surface area (TPSA) is 29.5 Å². The van der Waals surface area contributed by atoms with Crippen LogP contribution in [0.1, 0.15) is 40.5 Å². The number of hydrogen-bond acceptors (Lipinski definition) is 2. The molecule has 0 aromatic heterocycles. The molecular weight excluding hydrogens is 348 g/mol. The molecule has 1 N–H and O–H groups in total. The first kappa shape index (κ1) is 20.1. The zero-order valence-electron chi connectivity index (χ0n) is 16.9. The standard InChI is InChI=1S/C24H32O2Si/c1-19-12-11-13-20(18-23(19)25)26-27(24(2,3)4,21-14-7-5-8-15-21)22-16-9-6-10-17-22/h5-12,14-17,19-20,23,25H,13,18H2,1-4H3/t19-,20-,23+/m0/s1. The van der Waals surface area contributed by atoms with Crippen LogP contribution in [0.2, 0.25) is 5.04 Å². The van der Waals surface area contributed by atoms with Crippen LogP contribution in [0.25, 0.3) is 0 Å². The van der Waals surface area contributed by atoms with Gasteiger partial charge in [-0.1, -0.05) is 101 Å². The summed E-state index contributed by atoms with van der Waals surface area (Å²) in [5.74, 6) is 0.178. The zero-order valence-corrected chi connectivity index (χ0v) is 17.9. The molecule has 0 radical (unpaired) electrons. The quantitative estimate of drug-likeness (QED) is 0.634. The van der Waals surface area contributed by atoms with Crippen LogP contribution >= 0.6 is 0 Å². The van der Waals surface area contributed by atoms with E-state index in [2.05, 4.69) is 101 Å². The van der Waals surface area contributed by atoms with Crippen LogP contribution in [0.3, 0.4) is 0 Å². The normalized spacial score (nSPS) is 23.8. The van der Waals surface area contributed by atoms with Crippen molar-refractivity contribution in [1.29, 1.82) is 0 Å². The summed E-state index contributed by atoms with van der Waals surface area (Å²) in [4.78, 5) is 0. The molecule has 3 atom stereocenters. The molecule has 1 aliphatic carbocycles. The summed E-state index contributed by atoms with van der Waals surface area (Å²) >= 11 is 0. The monoisotopic (exact) mass is 380 g/mol. The SMILES string of the molecule is C[C@H]1C=CC[C@H](O[Si](c2ccccc2)(c2ccccc2)C(C)(C)C)C[C@H]1O. The number of rotatable bonds is 4. The van der Waals surface area contributed by atoms with E-state index in [1.54, 1.807) is 0 Å². The van der Waals surface area contributed by atoms with E-state index in [0.717, 1.165) is 6.42 Å². The Hall–Kier alpha value is -1.68. The summed E-state index contributed by atoms with van der Waals surface area (Å²) in [5.41, 5.74) is 0. The molecule has 0 fully saturated rings. The highest BCUT2D eigenvalue weighted by molar-refractivity contribution is 6.99. The molecule has 2 aromatic rings. The minimum Gasteiger partial charge on any atom is -0.404 e. The third kappa shape index (κ3) is 4.10. The third-order valence-electron chi connectivity index (χ3n) is 5.71. The molecule has 3 heteroatoms. The fraction of sp³-hybridized carbons (Fsp3) is 0.417. The van der Waals surface area contributed by atoms with Gasteiger partial charge in [0, 0.05) is 5.92 Å². The van der Waals surface area contributed by atoms with Crippen molar-refractivity contribution in [3.05, 3.63) is 72.8 Å². The van der Waals surface area contributed by atoms with Gasteiger partial charge in [0.05, 0.1) is 12.2 Å². The van der Waals surface area contributed by atoms with Gasteiger partial charge in [0.2, 0.25) is 0 Å². The van der Waals surface area contributed by atoms with Gasteiger partial charge in [-0.25, -0.2) is 0 Å². The van der Waals surface area contributed by atoms with Crippen molar-refractivity contribution in [3.8, 4) is 0 Å². The molecule has 2 aromatic carbocycles. The predicted molar refractivity (Wildman–Crippen MR) is 116 cm³/mol. The second-order valence-corrected chi connectivity index (χ2v) is 13.0. The van der Waals surface area contributed by atoms with E-state index in [0.29, 0.717) is 6.42 Å². The minimum absolute atomic E-state index is 0.0208. The molecule has 0 unspecified atom stereocenters. The maximum Gasteiger partial charge on any atom is 0.261 e. The number of aliphatic hydroxyl groups is 1. The molecule has 0 heterocycles. The molecule has 27 heavy (non-hydrogen) atoms. The van der Waals surface area contributed by atoms with E-state index < -0.39 is 8.32 Å². The average Bonchev–Trinajstić information content (AvgIpc) is 2.81. The molecule has 0 amide bonds. The van der Waals surface area contributed by atoms with Crippen molar-refractivity contribution in [1.82, 2.24) is 0 Å². The van der Waals surface area contributed by atoms with E-state index in [9.17, 15) is 5.11 Å². The number of hydrogen-bond donors (Lipinski definition) is 1. The van der Waals surface area contributed by atoms with Gasteiger partial charge in [0.25, 0.3) is 8.32 Å². The molecule has 0 saturated carbocycles. The fourth-order valence-corrected chi connectivity index (χ4v) is 8.90. The van der Waals surface area contributed by atoms with Gasteiger partial charge in [-0.2, -0.15) is 0 Å². The third-order valence-corrected chi connectivity index (χ3v) is 10.8. The van der Waals surface area contributed by atoms with Gasteiger partial charge in [-0.05, 0) is 28.3 Å². The lowest BCUT2D eigenvalue weighted by Gasteiger charge is -2.45. The van der Waals surface area contributed by atoms with E-state index >= 15 is 0 Å². The van der Waals surface area contributed by atoms with Crippen molar-refractivity contribution in [2.45, 2.75) is 57.8 Å². The highest BCUT2D eigenvalue weighted by Gasteiger charge is 2.51. The first-order chi connectivity index (χ1) is 12.8. The Labute approximate surface area is 165 Å². The van der Waals surface area contributed by atoms with Crippen molar-refractivity contribution in [2.75, 3.05) is 0 Å². The van der Waals surface area contributed by atoms with Gasteiger partial charge in [0.1, 0.15) is 0 Å². The Balaban J connectivity index is 2.11. The lowest BCUT2D eigenvalue weighted by atomic mass is 10.0. The Morgan fingerprint density at radius 3 is 1.93 bits per heavy atom. The first-order valence-corrected chi connectivity index (χ1v) is 11.9. The first-order valence-electron chi connectivity index (χ1n) is 9.98. The molecule has 0 spiro atoms.